The second-order valence-electron chi connectivity index (χ2n) is 4.76. The van der Waals surface area contributed by atoms with Crippen LogP contribution in [0.25, 0.3) is 0 Å². The van der Waals surface area contributed by atoms with Crippen LogP contribution in [0.4, 0.5) is 5.69 Å². The molecule has 110 valence electrons. The molecular weight excluding hydrogens is 284 g/mol. The number of carbonyl (C=O) groups is 1. The molecule has 0 radical (unpaired) electrons. The van der Waals surface area contributed by atoms with E-state index in [1.54, 1.807) is 6.07 Å². The van der Waals surface area contributed by atoms with E-state index in [0.29, 0.717) is 16.4 Å². The second kappa shape index (κ2) is 7.70. The molecule has 1 aliphatic heterocycles. The lowest BCUT2D eigenvalue weighted by molar-refractivity contribution is 0.0724. The fourth-order valence-electron chi connectivity index (χ4n) is 2.28. The van der Waals surface area contributed by atoms with Crippen LogP contribution in [0.2, 0.25) is 0 Å². The molecule has 1 aromatic carbocycles. The van der Waals surface area contributed by atoms with Crippen LogP contribution < -0.4 is 5.32 Å². The van der Waals surface area contributed by atoms with Crippen LogP contribution in [0.1, 0.15) is 29.6 Å². The molecule has 1 N–H and O–H groups in total. The first-order chi connectivity index (χ1) is 10.2. The number of thioether (sulfide) groups is 1. The fourth-order valence-corrected chi connectivity index (χ4v) is 2.62. The summed E-state index contributed by atoms with van der Waals surface area (Å²) in [4.78, 5) is 18.7. The fraction of sp³-hybridized carbons (Fsp3) is 0.400. The lowest BCUT2D eigenvalue weighted by atomic mass is 10.1. The van der Waals surface area contributed by atoms with Gasteiger partial charge < -0.3 is 4.90 Å². The summed E-state index contributed by atoms with van der Waals surface area (Å²) in [5, 5.41) is 11.7. The zero-order chi connectivity index (χ0) is 15.1. The van der Waals surface area contributed by atoms with Gasteiger partial charge in [0.25, 0.3) is 5.91 Å². The summed E-state index contributed by atoms with van der Waals surface area (Å²) in [6, 6.07) is 7.22. The van der Waals surface area contributed by atoms with E-state index in [9.17, 15) is 4.79 Å². The number of amides is 1. The van der Waals surface area contributed by atoms with Gasteiger partial charge in [-0.05, 0) is 43.7 Å². The molecule has 1 aliphatic rings. The quantitative estimate of drug-likeness (QED) is 0.395. The molecule has 1 aromatic rings. The van der Waals surface area contributed by atoms with Crippen LogP contribution in [-0.4, -0.2) is 35.3 Å². The number of benzene rings is 1. The number of rotatable bonds is 2. The van der Waals surface area contributed by atoms with E-state index in [1.807, 2.05) is 35.5 Å². The van der Waals surface area contributed by atoms with Gasteiger partial charge in [0.05, 0.1) is 5.69 Å². The van der Waals surface area contributed by atoms with E-state index in [-0.39, 0.29) is 5.91 Å². The minimum absolute atomic E-state index is 0.0608. The Morgan fingerprint density at radius 2 is 2.14 bits per heavy atom. The highest BCUT2D eigenvalue weighted by Crippen LogP contribution is 2.19. The highest BCUT2D eigenvalue weighted by Gasteiger charge is 2.18. The van der Waals surface area contributed by atoms with Gasteiger partial charge in [0.15, 0.2) is 11.4 Å². The van der Waals surface area contributed by atoms with Gasteiger partial charge in [0.2, 0.25) is 0 Å². The molecule has 0 aliphatic carbocycles. The second-order valence-corrected chi connectivity index (χ2v) is 5.56. The predicted molar refractivity (Wildman–Crippen MR) is 85.6 cm³/mol. The maximum atomic E-state index is 12.4. The van der Waals surface area contributed by atoms with Crippen LogP contribution in [0.15, 0.2) is 29.3 Å². The molecule has 21 heavy (non-hydrogen) atoms. The van der Waals surface area contributed by atoms with E-state index < -0.39 is 0 Å². The molecule has 5 nitrogen and oxygen atoms in total. The predicted octanol–water partition coefficient (Wildman–Crippen LogP) is 2.73. The molecule has 6 heteroatoms. The van der Waals surface area contributed by atoms with Crippen molar-refractivity contribution in [3.05, 3.63) is 29.8 Å². The number of aliphatic imine (C=N–C) groups is 1. The van der Waals surface area contributed by atoms with Crippen molar-refractivity contribution in [3.8, 4) is 6.19 Å². The van der Waals surface area contributed by atoms with E-state index in [1.165, 1.54) is 18.2 Å². The number of hydrogen-bond donors (Lipinski definition) is 1. The Balaban J connectivity index is 2.17. The number of carbonyl (C=O) groups excluding carboxylic acids is 1. The topological polar surface area (TPSA) is 68.5 Å². The molecule has 0 aromatic heterocycles. The SMILES string of the molecule is CSC(=Nc1cccc(C(=O)N2CCCCC2)c1)NC#N. The lowest BCUT2D eigenvalue weighted by Gasteiger charge is -2.26. The summed E-state index contributed by atoms with van der Waals surface area (Å²) >= 11 is 1.35. The van der Waals surface area contributed by atoms with Crippen molar-refractivity contribution < 1.29 is 4.79 Å². The molecule has 0 atom stereocenters. The van der Waals surface area contributed by atoms with E-state index in [0.717, 1.165) is 25.9 Å². The van der Waals surface area contributed by atoms with Crippen molar-refractivity contribution in [1.29, 1.82) is 5.26 Å². The molecule has 2 rings (SSSR count). The highest BCUT2D eigenvalue weighted by molar-refractivity contribution is 8.13. The van der Waals surface area contributed by atoms with Crippen LogP contribution in [-0.2, 0) is 0 Å². The van der Waals surface area contributed by atoms with Gasteiger partial charge in [-0.25, -0.2) is 4.99 Å². The number of piperidine rings is 1. The molecule has 1 fully saturated rings. The monoisotopic (exact) mass is 302 g/mol. The van der Waals surface area contributed by atoms with E-state index >= 15 is 0 Å². The van der Waals surface area contributed by atoms with E-state index in [4.69, 9.17) is 5.26 Å². The van der Waals surface area contributed by atoms with Gasteiger partial charge in [-0.3, -0.25) is 10.1 Å². The average Bonchev–Trinajstić information content (AvgIpc) is 2.55. The molecule has 0 spiro atoms. The normalized spacial score (nSPS) is 15.4. The van der Waals surface area contributed by atoms with Gasteiger partial charge in [0, 0.05) is 18.7 Å². The Morgan fingerprint density at radius 1 is 1.38 bits per heavy atom. The van der Waals surface area contributed by atoms with Crippen molar-refractivity contribution in [2.45, 2.75) is 19.3 Å². The summed E-state index contributed by atoms with van der Waals surface area (Å²) in [6.45, 7) is 1.66. The van der Waals surface area contributed by atoms with Gasteiger partial charge in [0.1, 0.15) is 0 Å². The van der Waals surface area contributed by atoms with Crippen molar-refractivity contribution in [3.63, 3.8) is 0 Å². The summed E-state index contributed by atoms with van der Waals surface area (Å²) < 4.78 is 0. The minimum atomic E-state index is 0.0608. The van der Waals surface area contributed by atoms with E-state index in [2.05, 4.69) is 10.3 Å². The smallest absolute Gasteiger partial charge is 0.253 e. The third-order valence-corrected chi connectivity index (χ3v) is 3.90. The standard InChI is InChI=1S/C15H18N4OS/c1-21-15(17-11-16)18-13-7-5-6-12(10-13)14(20)19-8-3-2-4-9-19/h5-7,10H,2-4,8-9H2,1H3,(H,17,18). The Bertz CT molecular complexity index is 573. The lowest BCUT2D eigenvalue weighted by Crippen LogP contribution is -2.35. The first-order valence-electron chi connectivity index (χ1n) is 6.91. The first kappa shape index (κ1) is 15.4. The van der Waals surface area contributed by atoms with Crippen molar-refractivity contribution >= 4 is 28.5 Å². The van der Waals surface area contributed by atoms with Crippen molar-refractivity contribution in [1.82, 2.24) is 10.2 Å². The van der Waals surface area contributed by atoms with Crippen LogP contribution >= 0.6 is 11.8 Å². The molecule has 1 saturated heterocycles. The van der Waals surface area contributed by atoms with Gasteiger partial charge in [-0.1, -0.05) is 17.8 Å². The van der Waals surface area contributed by atoms with Crippen LogP contribution in [0, 0.1) is 11.5 Å². The number of hydrogen-bond acceptors (Lipinski definition) is 4. The van der Waals surface area contributed by atoms with Crippen molar-refractivity contribution in [2.24, 2.45) is 4.99 Å². The van der Waals surface area contributed by atoms with Gasteiger partial charge >= 0.3 is 0 Å². The molecule has 0 bridgehead atoms. The number of nitrogens with zero attached hydrogens (tertiary/aromatic N) is 3. The Kier molecular flexibility index (Phi) is 5.64. The largest absolute Gasteiger partial charge is 0.339 e. The summed E-state index contributed by atoms with van der Waals surface area (Å²) in [6.07, 6.45) is 7.04. The number of nitrogens with one attached hydrogen (secondary N) is 1. The molecule has 1 heterocycles. The molecule has 0 saturated carbocycles. The Hall–Kier alpha value is -2.00. The third-order valence-electron chi connectivity index (χ3n) is 3.32. The molecule has 0 unspecified atom stereocenters. The number of amidine groups is 1. The Labute approximate surface area is 129 Å². The van der Waals surface area contributed by atoms with Crippen LogP contribution in [0.5, 0.6) is 0 Å². The first-order valence-corrected chi connectivity index (χ1v) is 8.14. The summed E-state index contributed by atoms with van der Waals surface area (Å²) in [7, 11) is 0. The summed E-state index contributed by atoms with van der Waals surface area (Å²) in [5.74, 6) is 0.0608. The maximum absolute atomic E-state index is 12.4. The van der Waals surface area contributed by atoms with Gasteiger partial charge in [-0.15, -0.1) is 0 Å². The third kappa shape index (κ3) is 4.23. The minimum Gasteiger partial charge on any atom is -0.339 e. The maximum Gasteiger partial charge on any atom is 0.253 e. The summed E-state index contributed by atoms with van der Waals surface area (Å²) in [5.41, 5.74) is 1.32. The van der Waals surface area contributed by atoms with Gasteiger partial charge in [-0.2, -0.15) is 5.26 Å². The zero-order valence-electron chi connectivity index (χ0n) is 12.0. The molecular formula is C15H18N4OS. The average molecular weight is 302 g/mol. The zero-order valence-corrected chi connectivity index (χ0v) is 12.8. The number of nitriles is 1. The highest BCUT2D eigenvalue weighted by atomic mass is 32.2. The van der Waals surface area contributed by atoms with Crippen LogP contribution in [0.3, 0.4) is 0 Å². The Morgan fingerprint density at radius 3 is 2.81 bits per heavy atom. The molecule has 1 amide bonds. The van der Waals surface area contributed by atoms with Crippen molar-refractivity contribution in [2.75, 3.05) is 19.3 Å². The number of likely N-dealkylation sites (tertiary alicyclic amines) is 1.